The highest BCUT2D eigenvalue weighted by molar-refractivity contribution is 14.0. The van der Waals surface area contributed by atoms with Crippen molar-refractivity contribution in [1.82, 2.24) is 20.4 Å². The molecule has 0 spiro atoms. The van der Waals surface area contributed by atoms with Crippen LogP contribution in [0.3, 0.4) is 0 Å². The Morgan fingerprint density at radius 3 is 2.62 bits per heavy atom. The fourth-order valence-corrected chi connectivity index (χ4v) is 4.32. The Morgan fingerprint density at radius 1 is 1.23 bits per heavy atom. The van der Waals surface area contributed by atoms with Crippen molar-refractivity contribution in [2.24, 2.45) is 4.99 Å². The lowest BCUT2D eigenvalue weighted by Gasteiger charge is -2.47. The second-order valence-corrected chi connectivity index (χ2v) is 7.73. The van der Waals surface area contributed by atoms with Gasteiger partial charge in [0.15, 0.2) is 5.96 Å². The van der Waals surface area contributed by atoms with Gasteiger partial charge in [0, 0.05) is 56.8 Å². The van der Waals surface area contributed by atoms with Gasteiger partial charge in [0.2, 0.25) is 0 Å². The Bertz CT molecular complexity index is 602. The summed E-state index contributed by atoms with van der Waals surface area (Å²) < 4.78 is 0. The lowest BCUT2D eigenvalue weighted by atomic mass is 10.1. The highest BCUT2D eigenvalue weighted by Crippen LogP contribution is 2.22. The number of fused-ring (bicyclic) bond motifs is 3. The van der Waals surface area contributed by atoms with Crippen molar-refractivity contribution in [3.63, 3.8) is 0 Å². The van der Waals surface area contributed by atoms with E-state index in [1.807, 2.05) is 0 Å². The summed E-state index contributed by atoms with van der Waals surface area (Å²) in [6, 6.07) is 7.22. The standard InChI is InChI=1S/C19H31N5S.HI/c1-4-20-19(21-12-16-6-5-15(2)11-18(16)25-3)22-13-17-14-23-7-9-24(17)10-8-23;/h5-6,11,17H,4,7-10,12-14H2,1-3H3,(H2,20,21,22);1H. The molecular formula is C19H32IN5S. The average Bonchev–Trinajstić information content (AvgIpc) is 2.65. The first-order valence-electron chi connectivity index (χ1n) is 9.31. The lowest BCUT2D eigenvalue weighted by molar-refractivity contribution is 0.0154. The van der Waals surface area contributed by atoms with Crippen molar-refractivity contribution >= 4 is 41.7 Å². The molecule has 0 radical (unpaired) electrons. The average molecular weight is 489 g/mol. The van der Waals surface area contributed by atoms with Gasteiger partial charge in [-0.1, -0.05) is 12.1 Å². The van der Waals surface area contributed by atoms with Gasteiger partial charge in [0.25, 0.3) is 0 Å². The number of hydrogen-bond acceptors (Lipinski definition) is 4. The molecule has 0 saturated carbocycles. The fourth-order valence-electron chi connectivity index (χ4n) is 3.62. The SMILES string of the molecule is CCNC(=NCc1ccc(C)cc1SC)NCC1CN2CCN1CC2.I. The number of rotatable bonds is 6. The molecule has 0 aromatic heterocycles. The third kappa shape index (κ3) is 5.74. The van der Waals surface area contributed by atoms with Gasteiger partial charge in [-0.15, -0.1) is 35.7 Å². The molecular weight excluding hydrogens is 457 g/mol. The molecule has 3 aliphatic heterocycles. The fraction of sp³-hybridized carbons (Fsp3) is 0.632. The molecule has 4 rings (SSSR count). The second kappa shape index (κ2) is 10.7. The molecule has 3 saturated heterocycles. The number of guanidine groups is 1. The van der Waals surface area contributed by atoms with Crippen LogP contribution < -0.4 is 10.6 Å². The van der Waals surface area contributed by atoms with Gasteiger partial charge in [-0.25, -0.2) is 4.99 Å². The number of benzene rings is 1. The molecule has 3 fully saturated rings. The number of aryl methyl sites for hydroxylation is 1. The summed E-state index contributed by atoms with van der Waals surface area (Å²) in [6.07, 6.45) is 2.13. The van der Waals surface area contributed by atoms with Crippen molar-refractivity contribution in [1.29, 1.82) is 0 Å². The smallest absolute Gasteiger partial charge is 0.191 e. The summed E-state index contributed by atoms with van der Waals surface area (Å²) in [5.74, 6) is 0.924. The zero-order valence-corrected chi connectivity index (χ0v) is 19.3. The molecule has 1 aromatic rings. The van der Waals surface area contributed by atoms with Gasteiger partial charge in [-0.2, -0.15) is 0 Å². The van der Waals surface area contributed by atoms with Crippen molar-refractivity contribution in [3.8, 4) is 0 Å². The number of halogens is 1. The van der Waals surface area contributed by atoms with Gasteiger partial charge >= 0.3 is 0 Å². The van der Waals surface area contributed by atoms with E-state index in [1.165, 1.54) is 48.7 Å². The predicted octanol–water partition coefficient (Wildman–Crippen LogP) is 2.39. The minimum Gasteiger partial charge on any atom is -0.357 e. The summed E-state index contributed by atoms with van der Waals surface area (Å²) in [6.45, 7) is 12.9. The molecule has 26 heavy (non-hydrogen) atoms. The van der Waals surface area contributed by atoms with E-state index in [-0.39, 0.29) is 24.0 Å². The normalized spacial score (nSPS) is 24.9. The molecule has 1 aromatic carbocycles. The quantitative estimate of drug-likeness (QED) is 0.278. The van der Waals surface area contributed by atoms with E-state index in [0.29, 0.717) is 12.6 Å². The topological polar surface area (TPSA) is 42.9 Å². The van der Waals surface area contributed by atoms with Crippen LogP contribution in [0, 0.1) is 6.92 Å². The minimum atomic E-state index is 0. The Kier molecular flexibility index (Phi) is 8.99. The minimum absolute atomic E-state index is 0. The van der Waals surface area contributed by atoms with Crippen LogP contribution in [-0.4, -0.2) is 73.9 Å². The van der Waals surface area contributed by atoms with E-state index < -0.39 is 0 Å². The molecule has 5 nitrogen and oxygen atoms in total. The highest BCUT2D eigenvalue weighted by atomic mass is 127. The van der Waals surface area contributed by atoms with Crippen LogP contribution in [0.5, 0.6) is 0 Å². The molecule has 0 amide bonds. The molecule has 2 bridgehead atoms. The van der Waals surface area contributed by atoms with Crippen LogP contribution in [0.25, 0.3) is 0 Å². The van der Waals surface area contributed by atoms with Gasteiger partial charge in [0.05, 0.1) is 6.54 Å². The number of nitrogens with one attached hydrogen (secondary N) is 2. The molecule has 146 valence electrons. The Balaban J connectivity index is 0.00000243. The van der Waals surface area contributed by atoms with Crippen LogP contribution in [0.2, 0.25) is 0 Å². The van der Waals surface area contributed by atoms with Crippen molar-refractivity contribution in [2.75, 3.05) is 52.1 Å². The summed E-state index contributed by atoms with van der Waals surface area (Å²) >= 11 is 1.80. The zero-order valence-electron chi connectivity index (χ0n) is 16.1. The number of aliphatic imine (C=N–C) groups is 1. The lowest BCUT2D eigenvalue weighted by Crippen LogP contribution is -2.63. The summed E-state index contributed by atoms with van der Waals surface area (Å²) in [5, 5.41) is 6.94. The number of thioether (sulfide) groups is 1. The van der Waals surface area contributed by atoms with E-state index >= 15 is 0 Å². The van der Waals surface area contributed by atoms with Crippen molar-refractivity contribution < 1.29 is 0 Å². The Hall–Kier alpha value is -0.510. The molecule has 3 heterocycles. The van der Waals surface area contributed by atoms with Crippen LogP contribution >= 0.6 is 35.7 Å². The molecule has 0 aliphatic carbocycles. The first kappa shape index (κ1) is 21.8. The predicted molar refractivity (Wildman–Crippen MR) is 123 cm³/mol. The molecule has 7 heteroatoms. The van der Waals surface area contributed by atoms with Gasteiger partial charge < -0.3 is 10.6 Å². The maximum absolute atomic E-state index is 4.82. The van der Waals surface area contributed by atoms with Gasteiger partial charge in [-0.05, 0) is 37.3 Å². The summed E-state index contributed by atoms with van der Waals surface area (Å²) in [7, 11) is 0. The van der Waals surface area contributed by atoms with E-state index in [1.54, 1.807) is 11.8 Å². The largest absolute Gasteiger partial charge is 0.357 e. The maximum atomic E-state index is 4.82. The third-order valence-corrected chi connectivity index (χ3v) is 5.91. The second-order valence-electron chi connectivity index (χ2n) is 6.88. The van der Waals surface area contributed by atoms with Crippen molar-refractivity contribution in [2.45, 2.75) is 31.3 Å². The van der Waals surface area contributed by atoms with E-state index in [2.05, 4.69) is 58.7 Å². The first-order chi connectivity index (χ1) is 12.2. The van der Waals surface area contributed by atoms with Crippen LogP contribution in [-0.2, 0) is 6.54 Å². The summed E-state index contributed by atoms with van der Waals surface area (Å²) in [5.41, 5.74) is 2.60. The van der Waals surface area contributed by atoms with E-state index in [9.17, 15) is 0 Å². The number of hydrogen-bond donors (Lipinski definition) is 2. The van der Waals surface area contributed by atoms with Gasteiger partial charge in [-0.3, -0.25) is 9.80 Å². The number of piperazine rings is 3. The highest BCUT2D eigenvalue weighted by Gasteiger charge is 2.31. The Morgan fingerprint density at radius 2 is 2.00 bits per heavy atom. The Labute approximate surface area is 179 Å². The maximum Gasteiger partial charge on any atom is 0.191 e. The first-order valence-corrected chi connectivity index (χ1v) is 10.5. The summed E-state index contributed by atoms with van der Waals surface area (Å²) in [4.78, 5) is 11.3. The molecule has 1 atom stereocenters. The van der Waals surface area contributed by atoms with Crippen molar-refractivity contribution in [3.05, 3.63) is 29.3 Å². The monoisotopic (exact) mass is 489 g/mol. The number of nitrogens with zero attached hydrogens (tertiary/aromatic N) is 3. The van der Waals surface area contributed by atoms with Crippen LogP contribution in [0.1, 0.15) is 18.1 Å². The van der Waals surface area contributed by atoms with Crippen LogP contribution in [0.15, 0.2) is 28.1 Å². The molecule has 1 unspecified atom stereocenters. The van der Waals surface area contributed by atoms with Crippen LogP contribution in [0.4, 0.5) is 0 Å². The molecule has 3 aliphatic rings. The van der Waals surface area contributed by atoms with Gasteiger partial charge in [0.1, 0.15) is 0 Å². The molecule has 2 N–H and O–H groups in total. The third-order valence-electron chi connectivity index (χ3n) is 5.09. The zero-order chi connectivity index (χ0) is 17.6. The van der Waals surface area contributed by atoms with E-state index in [0.717, 1.165) is 19.0 Å². The van der Waals surface area contributed by atoms with E-state index in [4.69, 9.17) is 4.99 Å².